The van der Waals surface area contributed by atoms with Crippen molar-refractivity contribution in [3.63, 3.8) is 0 Å². The van der Waals surface area contributed by atoms with Crippen LogP contribution in [0.1, 0.15) is 39.5 Å². The van der Waals surface area contributed by atoms with E-state index < -0.39 is 0 Å². The van der Waals surface area contributed by atoms with Crippen LogP contribution in [0.25, 0.3) is 0 Å². The Morgan fingerprint density at radius 2 is 2.00 bits per heavy atom. The van der Waals surface area contributed by atoms with Crippen LogP contribution in [0.5, 0.6) is 0 Å². The molecule has 2 fully saturated rings. The summed E-state index contributed by atoms with van der Waals surface area (Å²) in [7, 11) is 0. The average molecular weight is 226 g/mol. The molecule has 0 bridgehead atoms. The predicted molar refractivity (Wildman–Crippen MR) is 66.6 cm³/mol. The molecule has 3 nitrogen and oxygen atoms in total. The zero-order chi connectivity index (χ0) is 11.4. The van der Waals surface area contributed by atoms with E-state index in [0.717, 1.165) is 6.61 Å². The summed E-state index contributed by atoms with van der Waals surface area (Å²) in [6, 6.07) is 0.711. The minimum Gasteiger partial charge on any atom is -0.378 e. The second-order valence-electron chi connectivity index (χ2n) is 5.69. The lowest BCUT2D eigenvalue weighted by atomic mass is 9.80. The highest BCUT2D eigenvalue weighted by Crippen LogP contribution is 2.29. The van der Waals surface area contributed by atoms with Gasteiger partial charge in [-0.1, -0.05) is 6.92 Å². The monoisotopic (exact) mass is 226 g/mol. The Hall–Kier alpha value is -0.120. The summed E-state index contributed by atoms with van der Waals surface area (Å²) >= 11 is 0. The molecule has 94 valence electrons. The van der Waals surface area contributed by atoms with Crippen LogP contribution < -0.4 is 10.6 Å². The fraction of sp³-hybridized carbons (Fsp3) is 1.00. The first-order chi connectivity index (χ1) is 7.72. The quantitative estimate of drug-likeness (QED) is 0.746. The van der Waals surface area contributed by atoms with Crippen molar-refractivity contribution in [1.82, 2.24) is 10.6 Å². The molecule has 3 heteroatoms. The summed E-state index contributed by atoms with van der Waals surface area (Å²) in [6.07, 6.45) is 5.57. The van der Waals surface area contributed by atoms with Crippen LogP contribution in [0.15, 0.2) is 0 Å². The van der Waals surface area contributed by atoms with Gasteiger partial charge in [-0.2, -0.15) is 0 Å². The molecule has 1 heterocycles. The van der Waals surface area contributed by atoms with Gasteiger partial charge in [0.2, 0.25) is 0 Å². The molecule has 0 amide bonds. The van der Waals surface area contributed by atoms with Crippen LogP contribution in [-0.2, 0) is 4.74 Å². The van der Waals surface area contributed by atoms with Gasteiger partial charge in [0.15, 0.2) is 0 Å². The lowest BCUT2D eigenvalue weighted by Crippen LogP contribution is -2.50. The van der Waals surface area contributed by atoms with E-state index in [0.29, 0.717) is 17.6 Å². The van der Waals surface area contributed by atoms with E-state index >= 15 is 0 Å². The zero-order valence-corrected chi connectivity index (χ0v) is 10.7. The molecule has 0 aromatic carbocycles. The Labute approximate surface area is 99.3 Å². The van der Waals surface area contributed by atoms with Gasteiger partial charge in [-0.15, -0.1) is 0 Å². The van der Waals surface area contributed by atoms with Crippen LogP contribution >= 0.6 is 0 Å². The predicted octanol–water partition coefficient (Wildman–Crippen LogP) is 1.53. The molecule has 1 saturated carbocycles. The van der Waals surface area contributed by atoms with Crippen LogP contribution in [0, 0.1) is 5.41 Å². The Bertz CT molecular complexity index is 208. The first-order valence-electron chi connectivity index (χ1n) is 6.77. The molecule has 2 aliphatic rings. The molecule has 1 aliphatic carbocycles. The first-order valence-corrected chi connectivity index (χ1v) is 6.77. The summed E-state index contributed by atoms with van der Waals surface area (Å²) in [6.45, 7) is 8.91. The van der Waals surface area contributed by atoms with Crippen molar-refractivity contribution in [2.75, 3.05) is 26.2 Å². The van der Waals surface area contributed by atoms with E-state index in [1.165, 1.54) is 45.3 Å². The fourth-order valence-electron chi connectivity index (χ4n) is 2.70. The van der Waals surface area contributed by atoms with Crippen molar-refractivity contribution in [3.8, 4) is 0 Å². The molecule has 1 saturated heterocycles. The molecule has 0 unspecified atom stereocenters. The molecule has 2 rings (SSSR count). The van der Waals surface area contributed by atoms with E-state index in [2.05, 4.69) is 24.5 Å². The van der Waals surface area contributed by atoms with Crippen molar-refractivity contribution in [2.24, 2.45) is 5.41 Å². The zero-order valence-electron chi connectivity index (χ0n) is 10.7. The first kappa shape index (κ1) is 12.3. The number of ether oxygens (including phenoxy) is 1. The second-order valence-corrected chi connectivity index (χ2v) is 5.69. The third-order valence-corrected chi connectivity index (χ3v) is 4.13. The van der Waals surface area contributed by atoms with E-state index in [1.54, 1.807) is 0 Å². The van der Waals surface area contributed by atoms with Gasteiger partial charge < -0.3 is 15.4 Å². The SMILES string of the molecule is CCOC1CC(NCC2(C)CCNCC2)C1. The molecular formula is C13H26N2O. The van der Waals surface area contributed by atoms with Gasteiger partial charge in [0.05, 0.1) is 6.10 Å². The normalized spacial score (nSPS) is 33.4. The molecular weight excluding hydrogens is 200 g/mol. The number of nitrogens with one attached hydrogen (secondary N) is 2. The second kappa shape index (κ2) is 5.48. The average Bonchev–Trinajstić information content (AvgIpc) is 2.22. The van der Waals surface area contributed by atoms with Gasteiger partial charge in [0, 0.05) is 19.2 Å². The molecule has 0 aromatic heterocycles. The standard InChI is InChI=1S/C13H26N2O/c1-3-16-12-8-11(9-12)15-10-13(2)4-6-14-7-5-13/h11-12,14-15H,3-10H2,1-2H3. The van der Waals surface area contributed by atoms with E-state index in [9.17, 15) is 0 Å². The van der Waals surface area contributed by atoms with Gasteiger partial charge in [0.1, 0.15) is 0 Å². The molecule has 0 radical (unpaired) electrons. The highest BCUT2D eigenvalue weighted by Gasteiger charge is 2.32. The maximum Gasteiger partial charge on any atom is 0.0604 e. The Morgan fingerprint density at radius 1 is 1.31 bits per heavy atom. The van der Waals surface area contributed by atoms with Crippen molar-refractivity contribution >= 4 is 0 Å². The molecule has 16 heavy (non-hydrogen) atoms. The third kappa shape index (κ3) is 3.19. The van der Waals surface area contributed by atoms with E-state index in [1.807, 2.05) is 0 Å². The third-order valence-electron chi connectivity index (χ3n) is 4.13. The van der Waals surface area contributed by atoms with Gasteiger partial charge in [-0.25, -0.2) is 0 Å². The number of hydrogen-bond acceptors (Lipinski definition) is 3. The summed E-state index contributed by atoms with van der Waals surface area (Å²) in [4.78, 5) is 0. The van der Waals surface area contributed by atoms with Gasteiger partial charge in [0.25, 0.3) is 0 Å². The van der Waals surface area contributed by atoms with E-state index in [4.69, 9.17) is 4.74 Å². The van der Waals surface area contributed by atoms with Crippen molar-refractivity contribution in [3.05, 3.63) is 0 Å². The van der Waals surface area contributed by atoms with Crippen molar-refractivity contribution in [2.45, 2.75) is 51.7 Å². The summed E-state index contributed by atoms with van der Waals surface area (Å²) in [5.41, 5.74) is 0.516. The van der Waals surface area contributed by atoms with Crippen LogP contribution in [0.4, 0.5) is 0 Å². The van der Waals surface area contributed by atoms with Gasteiger partial charge >= 0.3 is 0 Å². The Morgan fingerprint density at radius 3 is 2.62 bits per heavy atom. The van der Waals surface area contributed by atoms with Crippen molar-refractivity contribution < 1.29 is 4.74 Å². The highest BCUT2D eigenvalue weighted by atomic mass is 16.5. The summed E-state index contributed by atoms with van der Waals surface area (Å²) in [5.74, 6) is 0. The number of rotatable bonds is 5. The maximum atomic E-state index is 5.57. The maximum absolute atomic E-state index is 5.57. The van der Waals surface area contributed by atoms with Gasteiger partial charge in [-0.3, -0.25) is 0 Å². The smallest absolute Gasteiger partial charge is 0.0604 e. The van der Waals surface area contributed by atoms with Crippen LogP contribution in [-0.4, -0.2) is 38.4 Å². The Kier molecular flexibility index (Phi) is 4.22. The van der Waals surface area contributed by atoms with Gasteiger partial charge in [-0.05, 0) is 51.1 Å². The summed E-state index contributed by atoms with van der Waals surface area (Å²) < 4.78 is 5.57. The Balaban J connectivity index is 1.61. The lowest BCUT2D eigenvalue weighted by molar-refractivity contribution is -0.0126. The minimum atomic E-state index is 0.516. The number of hydrogen-bond donors (Lipinski definition) is 2. The van der Waals surface area contributed by atoms with E-state index in [-0.39, 0.29) is 0 Å². The number of piperidine rings is 1. The minimum absolute atomic E-state index is 0.516. The fourth-order valence-corrected chi connectivity index (χ4v) is 2.70. The molecule has 0 atom stereocenters. The molecule has 2 N–H and O–H groups in total. The highest BCUT2D eigenvalue weighted by molar-refractivity contribution is 4.89. The molecule has 1 aliphatic heterocycles. The van der Waals surface area contributed by atoms with Crippen molar-refractivity contribution in [1.29, 1.82) is 0 Å². The molecule has 0 spiro atoms. The lowest BCUT2D eigenvalue weighted by Gasteiger charge is -2.40. The van der Waals surface area contributed by atoms with Crippen LogP contribution in [0.3, 0.4) is 0 Å². The summed E-state index contributed by atoms with van der Waals surface area (Å²) in [5, 5.41) is 7.14. The topological polar surface area (TPSA) is 33.3 Å². The largest absolute Gasteiger partial charge is 0.378 e. The van der Waals surface area contributed by atoms with Crippen LogP contribution in [0.2, 0.25) is 0 Å². The molecule has 0 aromatic rings.